The van der Waals surface area contributed by atoms with Crippen LogP contribution in [-0.2, 0) is 21.4 Å². The average Bonchev–Trinajstić information content (AvgIpc) is 2.83. The van der Waals surface area contributed by atoms with E-state index in [2.05, 4.69) is 10.0 Å². The molecule has 7 nitrogen and oxygen atoms in total. The first-order chi connectivity index (χ1) is 16.2. The zero-order valence-electron chi connectivity index (χ0n) is 19.5. The summed E-state index contributed by atoms with van der Waals surface area (Å²) in [5.41, 5.74) is 1.47. The van der Waals surface area contributed by atoms with Gasteiger partial charge in [0.25, 0.3) is 15.9 Å². The average molecular weight is 483 g/mol. The van der Waals surface area contributed by atoms with E-state index in [9.17, 15) is 13.2 Å². The monoisotopic (exact) mass is 482 g/mol. The maximum absolute atomic E-state index is 12.7. The second-order valence-corrected chi connectivity index (χ2v) is 9.96. The Labute approximate surface area is 201 Å². The fourth-order valence-corrected chi connectivity index (χ4v) is 4.04. The van der Waals surface area contributed by atoms with Crippen LogP contribution in [0.2, 0.25) is 0 Å². The molecule has 0 aliphatic heterocycles. The summed E-state index contributed by atoms with van der Waals surface area (Å²) in [6.45, 7) is 6.66. The van der Waals surface area contributed by atoms with E-state index in [1.165, 1.54) is 24.3 Å². The van der Waals surface area contributed by atoms with Crippen LogP contribution in [0.5, 0.6) is 11.5 Å². The van der Waals surface area contributed by atoms with Gasteiger partial charge in [-0.15, -0.1) is 0 Å². The predicted molar refractivity (Wildman–Crippen MR) is 132 cm³/mol. The molecule has 0 aliphatic rings. The van der Waals surface area contributed by atoms with Crippen LogP contribution in [0.25, 0.3) is 0 Å². The van der Waals surface area contributed by atoms with Crippen LogP contribution >= 0.6 is 0 Å². The fourth-order valence-electron chi connectivity index (χ4n) is 2.98. The largest absolute Gasteiger partial charge is 0.489 e. The number of hydrogen-bond donors (Lipinski definition) is 2. The molecule has 0 aliphatic carbocycles. The highest BCUT2D eigenvalue weighted by molar-refractivity contribution is 7.92. The number of benzene rings is 3. The predicted octanol–water partition coefficient (Wildman–Crippen LogP) is 4.61. The fraction of sp³-hybridized carbons (Fsp3) is 0.269. The van der Waals surface area contributed by atoms with Gasteiger partial charge in [0, 0.05) is 12.2 Å². The SMILES string of the molecule is CC(C)CNC(=O)[C@@H](C)Oc1ccc(S(=O)(=O)Nc2ccc(OCc3ccccc3)cc2)cc1. The van der Waals surface area contributed by atoms with Crippen LogP contribution in [0.1, 0.15) is 26.3 Å². The molecule has 34 heavy (non-hydrogen) atoms. The molecule has 0 aromatic heterocycles. The van der Waals surface area contributed by atoms with Gasteiger partial charge in [0.2, 0.25) is 0 Å². The Morgan fingerprint density at radius 2 is 1.47 bits per heavy atom. The van der Waals surface area contributed by atoms with Crippen molar-refractivity contribution >= 4 is 21.6 Å². The molecule has 1 atom stereocenters. The lowest BCUT2D eigenvalue weighted by Gasteiger charge is -2.16. The second kappa shape index (κ2) is 11.6. The van der Waals surface area contributed by atoms with Gasteiger partial charge in [-0.1, -0.05) is 44.2 Å². The Balaban J connectivity index is 1.55. The van der Waals surface area contributed by atoms with Crippen LogP contribution in [0.15, 0.2) is 83.8 Å². The molecule has 1 amide bonds. The second-order valence-electron chi connectivity index (χ2n) is 8.27. The highest BCUT2D eigenvalue weighted by atomic mass is 32.2. The smallest absolute Gasteiger partial charge is 0.261 e. The van der Waals surface area contributed by atoms with Crippen LogP contribution in [0, 0.1) is 5.92 Å². The number of sulfonamides is 1. The van der Waals surface area contributed by atoms with Gasteiger partial charge in [-0.3, -0.25) is 9.52 Å². The Morgan fingerprint density at radius 3 is 2.09 bits per heavy atom. The summed E-state index contributed by atoms with van der Waals surface area (Å²) in [5.74, 6) is 1.17. The Morgan fingerprint density at radius 1 is 0.853 bits per heavy atom. The Bertz CT molecular complexity index is 1160. The van der Waals surface area contributed by atoms with Gasteiger partial charge >= 0.3 is 0 Å². The maximum Gasteiger partial charge on any atom is 0.261 e. The van der Waals surface area contributed by atoms with Crippen molar-refractivity contribution in [2.75, 3.05) is 11.3 Å². The lowest BCUT2D eigenvalue weighted by Crippen LogP contribution is -2.38. The van der Waals surface area contributed by atoms with Gasteiger partial charge in [0.1, 0.15) is 18.1 Å². The zero-order valence-corrected chi connectivity index (χ0v) is 20.3. The number of carbonyl (C=O) groups is 1. The lowest BCUT2D eigenvalue weighted by molar-refractivity contribution is -0.127. The summed E-state index contributed by atoms with van der Waals surface area (Å²) in [6, 6.07) is 22.4. The van der Waals surface area contributed by atoms with Crippen LogP contribution in [0.3, 0.4) is 0 Å². The van der Waals surface area contributed by atoms with E-state index in [1.54, 1.807) is 31.2 Å². The molecular formula is C26H30N2O5S. The molecule has 0 radical (unpaired) electrons. The number of carbonyl (C=O) groups excluding carboxylic acids is 1. The molecule has 8 heteroatoms. The van der Waals surface area contributed by atoms with E-state index >= 15 is 0 Å². The van der Waals surface area contributed by atoms with Gasteiger partial charge in [-0.25, -0.2) is 8.42 Å². The summed E-state index contributed by atoms with van der Waals surface area (Å²) < 4.78 is 39.4. The third-order valence-corrected chi connectivity index (χ3v) is 6.25. The van der Waals surface area contributed by atoms with Crippen molar-refractivity contribution in [3.63, 3.8) is 0 Å². The number of ether oxygens (including phenoxy) is 2. The Kier molecular flexibility index (Phi) is 8.54. The van der Waals surface area contributed by atoms with E-state index in [1.807, 2.05) is 44.2 Å². The molecule has 180 valence electrons. The van der Waals surface area contributed by atoms with E-state index in [4.69, 9.17) is 9.47 Å². The number of amides is 1. The van der Waals surface area contributed by atoms with E-state index < -0.39 is 16.1 Å². The first kappa shape index (κ1) is 25.1. The standard InChI is InChI=1S/C26H30N2O5S/c1-19(2)17-27-26(29)20(3)33-24-13-15-25(16-14-24)34(30,31)28-22-9-11-23(12-10-22)32-18-21-7-5-4-6-8-21/h4-16,19-20,28H,17-18H2,1-3H3,(H,27,29)/t20-/m1/s1. The number of hydrogen-bond acceptors (Lipinski definition) is 5. The molecule has 0 unspecified atom stereocenters. The summed E-state index contributed by atoms with van der Waals surface area (Å²) in [4.78, 5) is 12.2. The van der Waals surface area contributed by atoms with Crippen LogP contribution < -0.4 is 19.5 Å². The molecule has 3 aromatic rings. The number of rotatable bonds is 11. The van der Waals surface area contributed by atoms with Crippen molar-refractivity contribution in [1.82, 2.24) is 5.32 Å². The normalized spacial score (nSPS) is 12.1. The molecule has 0 heterocycles. The summed E-state index contributed by atoms with van der Waals surface area (Å²) in [5, 5.41) is 2.81. The number of nitrogens with one attached hydrogen (secondary N) is 2. The topological polar surface area (TPSA) is 93.7 Å². The summed E-state index contributed by atoms with van der Waals surface area (Å²) in [6.07, 6.45) is -0.693. The molecular weight excluding hydrogens is 452 g/mol. The third kappa shape index (κ3) is 7.52. The van der Waals surface area contributed by atoms with Crippen LogP contribution in [-0.4, -0.2) is 27.0 Å². The molecule has 0 saturated carbocycles. The van der Waals surface area contributed by atoms with Gasteiger partial charge < -0.3 is 14.8 Å². The Hall–Kier alpha value is -3.52. The van der Waals surface area contributed by atoms with Crippen molar-refractivity contribution in [3.8, 4) is 11.5 Å². The maximum atomic E-state index is 12.7. The molecule has 2 N–H and O–H groups in total. The van der Waals surface area contributed by atoms with Crippen molar-refractivity contribution in [2.45, 2.75) is 38.4 Å². The quantitative estimate of drug-likeness (QED) is 0.416. The molecule has 3 aromatic carbocycles. The van der Waals surface area contributed by atoms with Crippen molar-refractivity contribution in [2.24, 2.45) is 5.92 Å². The minimum atomic E-state index is -3.79. The van der Waals surface area contributed by atoms with Crippen molar-refractivity contribution in [3.05, 3.63) is 84.4 Å². The van der Waals surface area contributed by atoms with Gasteiger partial charge in [-0.2, -0.15) is 0 Å². The highest BCUT2D eigenvalue weighted by Crippen LogP contribution is 2.22. The van der Waals surface area contributed by atoms with Gasteiger partial charge in [0.15, 0.2) is 6.10 Å². The minimum Gasteiger partial charge on any atom is -0.489 e. The summed E-state index contributed by atoms with van der Waals surface area (Å²) in [7, 11) is -3.79. The van der Waals surface area contributed by atoms with Gasteiger partial charge in [0.05, 0.1) is 4.90 Å². The first-order valence-electron chi connectivity index (χ1n) is 11.1. The van der Waals surface area contributed by atoms with E-state index in [0.717, 1.165) is 5.56 Å². The van der Waals surface area contributed by atoms with E-state index in [0.29, 0.717) is 36.3 Å². The molecule has 0 bridgehead atoms. The van der Waals surface area contributed by atoms with Gasteiger partial charge in [-0.05, 0) is 66.9 Å². The van der Waals surface area contributed by atoms with Crippen molar-refractivity contribution < 1.29 is 22.7 Å². The highest BCUT2D eigenvalue weighted by Gasteiger charge is 2.17. The molecule has 0 spiro atoms. The van der Waals surface area contributed by atoms with Crippen LogP contribution in [0.4, 0.5) is 5.69 Å². The molecule has 0 saturated heterocycles. The molecule has 0 fully saturated rings. The lowest BCUT2D eigenvalue weighted by atomic mass is 10.2. The van der Waals surface area contributed by atoms with Crippen molar-refractivity contribution in [1.29, 1.82) is 0 Å². The number of anilines is 1. The summed E-state index contributed by atoms with van der Waals surface area (Å²) >= 11 is 0. The zero-order chi connectivity index (χ0) is 24.6. The molecule has 3 rings (SSSR count). The minimum absolute atomic E-state index is 0.0844. The van der Waals surface area contributed by atoms with E-state index in [-0.39, 0.29) is 10.8 Å². The third-order valence-electron chi connectivity index (χ3n) is 4.86. The first-order valence-corrected chi connectivity index (χ1v) is 12.6.